The zero-order valence-electron chi connectivity index (χ0n) is 9.67. The molecule has 5 heteroatoms. The lowest BCUT2D eigenvalue weighted by atomic mass is 10.3. The minimum Gasteiger partial charge on any atom is -0.481 e. The van der Waals surface area contributed by atoms with Gasteiger partial charge in [-0.25, -0.2) is 0 Å². The van der Waals surface area contributed by atoms with Crippen LogP contribution in [0, 0.1) is 0 Å². The predicted octanol–water partition coefficient (Wildman–Crippen LogP) is 2.39. The van der Waals surface area contributed by atoms with Crippen molar-refractivity contribution in [2.45, 2.75) is 23.5 Å². The van der Waals surface area contributed by atoms with Gasteiger partial charge in [0.2, 0.25) is 0 Å². The second-order valence-electron chi connectivity index (χ2n) is 3.65. The quantitative estimate of drug-likeness (QED) is 0.774. The molecule has 3 nitrogen and oxygen atoms in total. The summed E-state index contributed by atoms with van der Waals surface area (Å²) in [5.74, 6) is 0.399. The Morgan fingerprint density at radius 1 is 1.41 bits per heavy atom. The number of thioether (sulfide) groups is 1. The van der Waals surface area contributed by atoms with Gasteiger partial charge in [-0.2, -0.15) is 0 Å². The maximum Gasteiger partial charge on any atom is 0.304 e. The standard InChI is InChI=1S/C12H16O3S2/c1-10(9-12(13)14)17(15)8-7-16-11-5-3-2-4-6-11/h2-6,10H,7-9H2,1H3,(H,13,14). The molecular formula is C12H16O3S2. The normalized spacial score (nSPS) is 14.2. The highest BCUT2D eigenvalue weighted by molar-refractivity contribution is 8.00. The lowest BCUT2D eigenvalue weighted by Gasteiger charge is -2.08. The molecule has 0 bridgehead atoms. The molecule has 0 saturated heterocycles. The van der Waals surface area contributed by atoms with E-state index in [-0.39, 0.29) is 11.7 Å². The first-order valence-corrected chi connectivity index (χ1v) is 7.73. The molecule has 0 saturated carbocycles. The number of carbonyl (C=O) groups is 1. The molecule has 0 aliphatic heterocycles. The third-order valence-corrected chi connectivity index (χ3v) is 5.15. The monoisotopic (exact) mass is 272 g/mol. The summed E-state index contributed by atoms with van der Waals surface area (Å²) in [6.07, 6.45) is -0.0252. The molecule has 0 spiro atoms. The Hall–Kier alpha value is -0.810. The first-order chi connectivity index (χ1) is 8.09. The summed E-state index contributed by atoms with van der Waals surface area (Å²) in [6, 6.07) is 9.90. The Kier molecular flexibility index (Phi) is 6.29. The maximum absolute atomic E-state index is 11.7. The highest BCUT2D eigenvalue weighted by Gasteiger charge is 2.14. The van der Waals surface area contributed by atoms with E-state index in [1.165, 1.54) is 0 Å². The Bertz CT molecular complexity index is 379. The summed E-state index contributed by atoms with van der Waals surface area (Å²) in [7, 11) is -1.06. The van der Waals surface area contributed by atoms with Crippen molar-refractivity contribution in [3.05, 3.63) is 30.3 Å². The summed E-state index contributed by atoms with van der Waals surface area (Å²) in [4.78, 5) is 11.6. The van der Waals surface area contributed by atoms with E-state index in [0.717, 1.165) is 10.6 Å². The molecule has 1 N–H and O–H groups in total. The van der Waals surface area contributed by atoms with Gasteiger partial charge in [0, 0.05) is 32.5 Å². The summed E-state index contributed by atoms with van der Waals surface area (Å²) in [5.41, 5.74) is 0. The van der Waals surface area contributed by atoms with E-state index in [4.69, 9.17) is 5.11 Å². The maximum atomic E-state index is 11.7. The third-order valence-electron chi connectivity index (χ3n) is 2.21. The zero-order valence-corrected chi connectivity index (χ0v) is 11.3. The summed E-state index contributed by atoms with van der Waals surface area (Å²) in [6.45, 7) is 1.72. The Balaban J connectivity index is 2.27. The van der Waals surface area contributed by atoms with Gasteiger partial charge in [0.05, 0.1) is 6.42 Å². The number of aliphatic carboxylic acids is 1. The molecule has 0 amide bonds. The van der Waals surface area contributed by atoms with E-state index in [9.17, 15) is 9.00 Å². The van der Waals surface area contributed by atoms with E-state index < -0.39 is 16.8 Å². The van der Waals surface area contributed by atoms with Crippen molar-refractivity contribution in [1.29, 1.82) is 0 Å². The highest BCUT2D eigenvalue weighted by atomic mass is 32.2. The summed E-state index contributed by atoms with van der Waals surface area (Å²) < 4.78 is 11.7. The van der Waals surface area contributed by atoms with E-state index in [1.807, 2.05) is 30.3 Å². The van der Waals surface area contributed by atoms with Crippen molar-refractivity contribution in [3.8, 4) is 0 Å². The van der Waals surface area contributed by atoms with Crippen LogP contribution in [0.2, 0.25) is 0 Å². The highest BCUT2D eigenvalue weighted by Crippen LogP contribution is 2.17. The fourth-order valence-corrected chi connectivity index (χ4v) is 3.60. The molecule has 1 aromatic rings. The SMILES string of the molecule is CC(CC(=O)O)S(=O)CCSc1ccccc1. The number of hydrogen-bond acceptors (Lipinski definition) is 3. The molecule has 0 aliphatic rings. The largest absolute Gasteiger partial charge is 0.481 e. The lowest BCUT2D eigenvalue weighted by Crippen LogP contribution is -2.18. The minimum absolute atomic E-state index is 0.0252. The van der Waals surface area contributed by atoms with Crippen LogP contribution in [0.25, 0.3) is 0 Å². The molecule has 0 heterocycles. The van der Waals surface area contributed by atoms with Crippen LogP contribution >= 0.6 is 11.8 Å². The molecule has 1 rings (SSSR count). The fraction of sp³-hybridized carbons (Fsp3) is 0.417. The first kappa shape index (κ1) is 14.3. The molecule has 17 heavy (non-hydrogen) atoms. The van der Waals surface area contributed by atoms with Crippen LogP contribution in [-0.2, 0) is 15.6 Å². The third kappa shape index (κ3) is 5.89. The van der Waals surface area contributed by atoms with Gasteiger partial charge in [0.25, 0.3) is 0 Å². The van der Waals surface area contributed by atoms with E-state index >= 15 is 0 Å². The smallest absolute Gasteiger partial charge is 0.304 e. The molecule has 0 aliphatic carbocycles. The van der Waals surface area contributed by atoms with Crippen molar-refractivity contribution >= 4 is 28.5 Å². The molecule has 2 unspecified atom stereocenters. The van der Waals surface area contributed by atoms with Gasteiger partial charge in [0.15, 0.2) is 0 Å². The Labute approximate surface area is 108 Å². The van der Waals surface area contributed by atoms with E-state index in [2.05, 4.69) is 0 Å². The summed E-state index contributed by atoms with van der Waals surface area (Å²) in [5, 5.41) is 8.32. The number of carboxylic acids is 1. The lowest BCUT2D eigenvalue weighted by molar-refractivity contribution is -0.136. The van der Waals surface area contributed by atoms with Gasteiger partial charge >= 0.3 is 5.97 Å². The van der Waals surface area contributed by atoms with Crippen LogP contribution in [0.1, 0.15) is 13.3 Å². The summed E-state index contributed by atoms with van der Waals surface area (Å²) >= 11 is 1.64. The van der Waals surface area contributed by atoms with Crippen molar-refractivity contribution in [2.75, 3.05) is 11.5 Å². The Morgan fingerprint density at radius 3 is 2.65 bits per heavy atom. The number of carboxylic acid groups (broad SMARTS) is 1. The van der Waals surface area contributed by atoms with Gasteiger partial charge < -0.3 is 5.11 Å². The minimum atomic E-state index is -1.06. The first-order valence-electron chi connectivity index (χ1n) is 5.36. The van der Waals surface area contributed by atoms with Gasteiger partial charge in [-0.15, -0.1) is 11.8 Å². The fourth-order valence-electron chi connectivity index (χ4n) is 1.30. The molecule has 1 aromatic carbocycles. The van der Waals surface area contributed by atoms with E-state index in [1.54, 1.807) is 18.7 Å². The average molecular weight is 272 g/mol. The number of hydrogen-bond donors (Lipinski definition) is 1. The van der Waals surface area contributed by atoms with Crippen molar-refractivity contribution in [1.82, 2.24) is 0 Å². The van der Waals surface area contributed by atoms with Crippen molar-refractivity contribution < 1.29 is 14.1 Å². The molecule has 0 fully saturated rings. The van der Waals surface area contributed by atoms with Crippen molar-refractivity contribution in [2.24, 2.45) is 0 Å². The van der Waals surface area contributed by atoms with Crippen molar-refractivity contribution in [3.63, 3.8) is 0 Å². The van der Waals surface area contributed by atoms with Crippen LogP contribution in [0.3, 0.4) is 0 Å². The van der Waals surface area contributed by atoms with Crippen LogP contribution in [0.5, 0.6) is 0 Å². The van der Waals surface area contributed by atoms with Crippen LogP contribution in [0.4, 0.5) is 0 Å². The van der Waals surface area contributed by atoms with Crippen LogP contribution in [-0.4, -0.2) is 32.0 Å². The predicted molar refractivity (Wildman–Crippen MR) is 71.9 cm³/mol. The number of rotatable bonds is 7. The van der Waals surface area contributed by atoms with Gasteiger partial charge in [-0.1, -0.05) is 25.1 Å². The molecule has 94 valence electrons. The van der Waals surface area contributed by atoms with Crippen LogP contribution < -0.4 is 0 Å². The van der Waals surface area contributed by atoms with Crippen LogP contribution in [0.15, 0.2) is 35.2 Å². The van der Waals surface area contributed by atoms with Gasteiger partial charge in [0.1, 0.15) is 0 Å². The van der Waals surface area contributed by atoms with Gasteiger partial charge in [-0.05, 0) is 12.1 Å². The number of benzene rings is 1. The topological polar surface area (TPSA) is 54.4 Å². The zero-order chi connectivity index (χ0) is 12.7. The molecule has 0 aromatic heterocycles. The molecule has 0 radical (unpaired) electrons. The average Bonchev–Trinajstić information content (AvgIpc) is 2.29. The van der Waals surface area contributed by atoms with E-state index in [0.29, 0.717) is 5.75 Å². The van der Waals surface area contributed by atoms with Gasteiger partial charge in [-0.3, -0.25) is 9.00 Å². The second kappa shape index (κ2) is 7.50. The molecule has 2 atom stereocenters. The second-order valence-corrected chi connectivity index (χ2v) is 6.80. The Morgan fingerprint density at radius 2 is 2.06 bits per heavy atom. The molecular weight excluding hydrogens is 256 g/mol.